The third-order valence-electron chi connectivity index (χ3n) is 7.72. The minimum atomic E-state index is -1.78. The maximum Gasteiger partial charge on any atom is 0.309 e. The number of esters is 2. The van der Waals surface area contributed by atoms with Gasteiger partial charge in [0.1, 0.15) is 48.8 Å². The predicted octanol–water partition coefficient (Wildman–Crippen LogP) is -3.94. The molecule has 19 heteroatoms. The molecular weight excluding hydrogens is 586 g/mol. The lowest BCUT2D eigenvalue weighted by molar-refractivity contribution is -0.326. The van der Waals surface area contributed by atoms with E-state index in [1.807, 2.05) is 0 Å². The first-order valence-corrected chi connectivity index (χ1v) is 13.5. The second-order valence-electron chi connectivity index (χ2n) is 10.3. The van der Waals surface area contributed by atoms with Gasteiger partial charge in [-0.3, -0.25) is 9.59 Å². The van der Waals surface area contributed by atoms with Crippen LogP contribution >= 0.6 is 0 Å². The number of methoxy groups -OCH3 is 2. The Labute approximate surface area is 245 Å². The van der Waals surface area contributed by atoms with Crippen LogP contribution < -0.4 is 0 Å². The number of ether oxygens (including phenoxy) is 7. The van der Waals surface area contributed by atoms with Crippen molar-refractivity contribution in [3.05, 3.63) is 10.4 Å². The van der Waals surface area contributed by atoms with Crippen molar-refractivity contribution in [2.45, 2.75) is 86.5 Å². The largest absolute Gasteiger partial charge is 0.469 e. The molecule has 246 valence electrons. The van der Waals surface area contributed by atoms with E-state index in [-0.39, 0.29) is 26.0 Å². The number of aliphatic hydroxyl groups is 7. The molecule has 0 spiro atoms. The van der Waals surface area contributed by atoms with Gasteiger partial charge in [-0.05, 0) is 18.4 Å². The van der Waals surface area contributed by atoms with E-state index in [1.54, 1.807) is 0 Å². The van der Waals surface area contributed by atoms with Gasteiger partial charge >= 0.3 is 11.9 Å². The van der Waals surface area contributed by atoms with Gasteiger partial charge in [0.15, 0.2) is 12.6 Å². The predicted molar refractivity (Wildman–Crippen MR) is 135 cm³/mol. The average Bonchev–Trinajstić information content (AvgIpc) is 3.01. The number of rotatable bonds is 12. The van der Waals surface area contributed by atoms with Gasteiger partial charge in [0, 0.05) is 11.5 Å². The van der Waals surface area contributed by atoms with E-state index in [9.17, 15) is 45.3 Å². The van der Waals surface area contributed by atoms with Gasteiger partial charge in [-0.25, -0.2) is 0 Å². The van der Waals surface area contributed by atoms with Crippen molar-refractivity contribution in [3.63, 3.8) is 0 Å². The zero-order chi connectivity index (χ0) is 31.8. The minimum absolute atomic E-state index is 0.0990. The lowest BCUT2D eigenvalue weighted by atomic mass is 9.76. The highest BCUT2D eigenvalue weighted by Gasteiger charge is 2.51. The van der Waals surface area contributed by atoms with Crippen LogP contribution in [0.5, 0.6) is 0 Å². The van der Waals surface area contributed by atoms with Crippen LogP contribution in [0.2, 0.25) is 0 Å². The number of aliphatic hydroxyl groups excluding tert-OH is 7. The van der Waals surface area contributed by atoms with E-state index in [0.717, 1.165) is 14.2 Å². The van der Waals surface area contributed by atoms with E-state index in [2.05, 4.69) is 10.0 Å². The van der Waals surface area contributed by atoms with Gasteiger partial charge < -0.3 is 68.9 Å². The lowest BCUT2D eigenvalue weighted by Gasteiger charge is -2.45. The molecule has 0 radical (unpaired) electrons. The van der Waals surface area contributed by atoms with Crippen molar-refractivity contribution in [2.24, 2.45) is 17.0 Å². The van der Waals surface area contributed by atoms with Crippen molar-refractivity contribution in [3.8, 4) is 0 Å². The smallest absolute Gasteiger partial charge is 0.309 e. The maximum absolute atomic E-state index is 12.6. The molecule has 3 fully saturated rings. The molecule has 0 aromatic rings. The number of azide groups is 1. The summed E-state index contributed by atoms with van der Waals surface area (Å²) in [5, 5.41) is 74.7. The Kier molecular flexibility index (Phi) is 13.3. The lowest BCUT2D eigenvalue weighted by Crippen LogP contribution is -2.61. The van der Waals surface area contributed by atoms with E-state index >= 15 is 0 Å². The summed E-state index contributed by atoms with van der Waals surface area (Å²) in [6.07, 6.45) is -18.5. The minimum Gasteiger partial charge on any atom is -0.469 e. The highest BCUT2D eigenvalue weighted by molar-refractivity contribution is 5.82. The van der Waals surface area contributed by atoms with Gasteiger partial charge in [-0.1, -0.05) is 5.11 Å². The van der Waals surface area contributed by atoms with Crippen molar-refractivity contribution in [1.29, 1.82) is 0 Å². The topological polar surface area (TPSA) is 289 Å². The Hall–Kier alpha value is -2.23. The summed E-state index contributed by atoms with van der Waals surface area (Å²) >= 11 is 0. The van der Waals surface area contributed by atoms with Gasteiger partial charge in [-0.2, -0.15) is 0 Å². The number of hydrogen-bond donors (Lipinski definition) is 7. The third-order valence-corrected chi connectivity index (χ3v) is 7.72. The first kappa shape index (κ1) is 35.3. The van der Waals surface area contributed by atoms with Gasteiger partial charge in [0.25, 0.3) is 0 Å². The number of nitrogens with zero attached hydrogens (tertiary/aromatic N) is 3. The first-order chi connectivity index (χ1) is 20.5. The van der Waals surface area contributed by atoms with Gasteiger partial charge in [0.2, 0.25) is 0 Å². The van der Waals surface area contributed by atoms with Crippen LogP contribution in [0.4, 0.5) is 0 Å². The van der Waals surface area contributed by atoms with Gasteiger partial charge in [0.05, 0.1) is 58.1 Å². The molecule has 19 nitrogen and oxygen atoms in total. The molecule has 14 atom stereocenters. The van der Waals surface area contributed by atoms with E-state index in [1.165, 1.54) is 0 Å². The molecule has 1 aliphatic carbocycles. The summed E-state index contributed by atoms with van der Waals surface area (Å²) in [5.74, 6) is -3.68. The molecule has 0 aromatic heterocycles. The number of hydrogen-bond acceptors (Lipinski definition) is 17. The SMILES string of the molecule is COC(=O)[C@H]1C[C@H](OC[C@H]2O[C@H](OCCN=[N+]=[N-])[C@@H](O)[C@@H](O)[C@@H]2O)[C@@H](O[C@H]2O[C@H](CO)[C@@H](O)[C@H](O)[C@@H]2O)C[C@@H]1C(=O)OC. The molecule has 2 heterocycles. The third kappa shape index (κ3) is 8.28. The van der Waals surface area contributed by atoms with Crippen molar-refractivity contribution < 1.29 is 78.5 Å². The fourth-order valence-electron chi connectivity index (χ4n) is 5.29. The van der Waals surface area contributed by atoms with Crippen LogP contribution in [0.15, 0.2) is 5.11 Å². The fourth-order valence-corrected chi connectivity index (χ4v) is 5.29. The standard InChI is InChI=1S/C24H39N3O16/c1-37-21(35)9-5-11(40-8-14-16(30)18(32)19(33)23(43-14)39-4-3-26-27-25)12(6-10(9)22(36)38-2)41-24-20(34)17(31)15(29)13(7-28)42-24/h9-20,23-24,28-34H,3-8H2,1-2H3/t9-,10-,11-,12-,13+,14+,15+,16+,17-,18-,19-,20-,23-,24-/m0/s1. The van der Waals surface area contributed by atoms with Crippen molar-refractivity contribution >= 4 is 11.9 Å². The van der Waals surface area contributed by atoms with Crippen LogP contribution in [0.25, 0.3) is 10.4 Å². The average molecular weight is 626 g/mol. The molecule has 7 N–H and O–H groups in total. The Morgan fingerprint density at radius 2 is 1.33 bits per heavy atom. The van der Waals surface area contributed by atoms with Gasteiger partial charge in [-0.15, -0.1) is 0 Å². The molecule has 0 bridgehead atoms. The maximum atomic E-state index is 12.6. The molecule has 0 unspecified atom stereocenters. The Morgan fingerprint density at radius 3 is 1.88 bits per heavy atom. The summed E-state index contributed by atoms with van der Waals surface area (Å²) in [4.78, 5) is 27.8. The van der Waals surface area contributed by atoms with Crippen LogP contribution in [0.3, 0.4) is 0 Å². The molecule has 0 aromatic carbocycles. The fraction of sp³-hybridized carbons (Fsp3) is 0.917. The quantitative estimate of drug-likeness (QED) is 0.0358. The van der Waals surface area contributed by atoms with Crippen LogP contribution in [0.1, 0.15) is 12.8 Å². The van der Waals surface area contributed by atoms with E-state index < -0.39 is 111 Å². The van der Waals surface area contributed by atoms with E-state index in [4.69, 9.17) is 38.7 Å². The number of carbonyl (C=O) groups excluding carboxylic acids is 2. The van der Waals surface area contributed by atoms with Crippen LogP contribution in [0, 0.1) is 11.8 Å². The normalized spacial score (nSPS) is 41.6. The Morgan fingerprint density at radius 1 is 0.791 bits per heavy atom. The molecular formula is C24H39N3O16. The first-order valence-electron chi connectivity index (χ1n) is 13.5. The molecule has 3 aliphatic rings. The second-order valence-corrected chi connectivity index (χ2v) is 10.3. The molecule has 1 saturated carbocycles. The highest BCUT2D eigenvalue weighted by Crippen LogP contribution is 2.38. The van der Waals surface area contributed by atoms with Crippen LogP contribution in [-0.2, 0) is 42.7 Å². The summed E-state index contributed by atoms with van der Waals surface area (Å²) in [6.45, 7) is -1.45. The molecule has 0 amide bonds. The second kappa shape index (κ2) is 16.2. The Bertz CT molecular complexity index is 969. The summed E-state index contributed by atoms with van der Waals surface area (Å²) in [6, 6.07) is 0. The molecule has 2 aliphatic heterocycles. The summed E-state index contributed by atoms with van der Waals surface area (Å²) in [5.41, 5.74) is 8.40. The molecule has 2 saturated heterocycles. The monoisotopic (exact) mass is 625 g/mol. The van der Waals surface area contributed by atoms with E-state index in [0.29, 0.717) is 0 Å². The molecule has 43 heavy (non-hydrogen) atoms. The summed E-state index contributed by atoms with van der Waals surface area (Å²) < 4.78 is 37.9. The van der Waals surface area contributed by atoms with Crippen molar-refractivity contribution in [2.75, 3.05) is 40.6 Å². The zero-order valence-corrected chi connectivity index (χ0v) is 23.5. The van der Waals surface area contributed by atoms with Crippen molar-refractivity contribution in [1.82, 2.24) is 0 Å². The number of carbonyl (C=O) groups is 2. The highest BCUT2D eigenvalue weighted by atomic mass is 16.7. The van der Waals surface area contributed by atoms with Crippen LogP contribution in [-0.4, -0.2) is 162 Å². The Balaban J connectivity index is 1.81. The molecule has 3 rings (SSSR count). The zero-order valence-electron chi connectivity index (χ0n) is 23.5. The summed E-state index contributed by atoms with van der Waals surface area (Å²) in [7, 11) is 2.25.